The quantitative estimate of drug-likeness (QED) is 0.518. The molecule has 2 aromatic heterocycles. The monoisotopic (exact) mass is 416 g/mol. The molecule has 1 amide bonds. The van der Waals surface area contributed by atoms with Gasteiger partial charge in [-0.2, -0.15) is 0 Å². The highest BCUT2D eigenvalue weighted by Crippen LogP contribution is 2.37. The maximum absolute atomic E-state index is 12.6. The van der Waals surface area contributed by atoms with E-state index in [0.29, 0.717) is 28.4 Å². The van der Waals surface area contributed by atoms with Gasteiger partial charge in [-0.05, 0) is 31.0 Å². The molecule has 0 aliphatic rings. The molecule has 0 saturated heterocycles. The van der Waals surface area contributed by atoms with Crippen LogP contribution in [0.15, 0.2) is 40.5 Å². The van der Waals surface area contributed by atoms with E-state index < -0.39 is 5.97 Å². The number of carbonyl (C=O) groups is 2. The Kier molecular flexibility index (Phi) is 6.78. The molecule has 28 heavy (non-hydrogen) atoms. The van der Waals surface area contributed by atoms with E-state index in [2.05, 4.69) is 10.3 Å². The van der Waals surface area contributed by atoms with Gasteiger partial charge in [-0.25, -0.2) is 9.78 Å². The zero-order valence-corrected chi connectivity index (χ0v) is 17.2. The van der Waals surface area contributed by atoms with Gasteiger partial charge in [0.1, 0.15) is 22.0 Å². The van der Waals surface area contributed by atoms with Crippen molar-refractivity contribution < 1.29 is 19.1 Å². The summed E-state index contributed by atoms with van der Waals surface area (Å²) >= 11 is 2.61. The average molecular weight is 417 g/mol. The largest absolute Gasteiger partial charge is 0.494 e. The van der Waals surface area contributed by atoms with Gasteiger partial charge < -0.3 is 14.8 Å². The number of thiazole rings is 1. The molecule has 6 nitrogen and oxygen atoms in total. The number of thiophene rings is 1. The summed E-state index contributed by atoms with van der Waals surface area (Å²) in [7, 11) is 0. The predicted octanol–water partition coefficient (Wildman–Crippen LogP) is 5.09. The number of aromatic nitrogens is 1. The molecule has 0 bridgehead atoms. The van der Waals surface area contributed by atoms with Crippen LogP contribution >= 0.6 is 22.7 Å². The Morgan fingerprint density at radius 1 is 1.14 bits per heavy atom. The van der Waals surface area contributed by atoms with Gasteiger partial charge in [0.15, 0.2) is 0 Å². The van der Waals surface area contributed by atoms with Crippen LogP contribution in [0, 0.1) is 0 Å². The molecule has 0 radical (unpaired) electrons. The fraction of sp³-hybridized carbons (Fsp3) is 0.250. The van der Waals surface area contributed by atoms with Gasteiger partial charge in [0.05, 0.1) is 18.7 Å². The Morgan fingerprint density at radius 3 is 2.57 bits per heavy atom. The maximum atomic E-state index is 12.6. The molecule has 0 unspecified atom stereocenters. The van der Waals surface area contributed by atoms with E-state index in [9.17, 15) is 9.59 Å². The molecule has 146 valence electrons. The summed E-state index contributed by atoms with van der Waals surface area (Å²) in [6, 6.07) is 7.51. The van der Waals surface area contributed by atoms with Crippen molar-refractivity contribution >= 4 is 39.6 Å². The van der Waals surface area contributed by atoms with Gasteiger partial charge >= 0.3 is 5.97 Å². The Morgan fingerprint density at radius 2 is 1.93 bits per heavy atom. The van der Waals surface area contributed by atoms with Gasteiger partial charge in [-0.3, -0.25) is 4.79 Å². The van der Waals surface area contributed by atoms with E-state index in [0.717, 1.165) is 17.7 Å². The molecular weight excluding hydrogens is 396 g/mol. The number of ether oxygens (including phenoxy) is 2. The number of anilines is 1. The lowest BCUT2D eigenvalue weighted by Gasteiger charge is -2.09. The third-order valence-electron chi connectivity index (χ3n) is 3.80. The summed E-state index contributed by atoms with van der Waals surface area (Å²) in [5, 5.41) is 6.72. The lowest BCUT2D eigenvalue weighted by Crippen LogP contribution is -2.15. The normalized spacial score (nSPS) is 10.5. The number of nitrogens with zero attached hydrogens (tertiary/aromatic N) is 1. The molecule has 0 aliphatic heterocycles. The zero-order valence-electron chi connectivity index (χ0n) is 15.6. The van der Waals surface area contributed by atoms with Crippen molar-refractivity contribution in [3.8, 4) is 16.9 Å². The van der Waals surface area contributed by atoms with Gasteiger partial charge in [-0.15, -0.1) is 22.7 Å². The lowest BCUT2D eigenvalue weighted by molar-refractivity contribution is 0.0529. The first kappa shape index (κ1) is 20.0. The van der Waals surface area contributed by atoms with Gasteiger partial charge in [0.2, 0.25) is 0 Å². The van der Waals surface area contributed by atoms with Crippen molar-refractivity contribution in [2.75, 3.05) is 18.5 Å². The van der Waals surface area contributed by atoms with Crippen molar-refractivity contribution in [3.05, 3.63) is 51.8 Å². The molecule has 3 aromatic rings. The maximum Gasteiger partial charge on any atom is 0.341 e. The summed E-state index contributed by atoms with van der Waals surface area (Å²) in [4.78, 5) is 29.0. The van der Waals surface area contributed by atoms with Crippen LogP contribution in [-0.4, -0.2) is 30.1 Å². The van der Waals surface area contributed by atoms with E-state index in [4.69, 9.17) is 9.47 Å². The number of hydrogen-bond donors (Lipinski definition) is 1. The predicted molar refractivity (Wildman–Crippen MR) is 112 cm³/mol. The number of esters is 1. The van der Waals surface area contributed by atoms with E-state index in [1.54, 1.807) is 17.8 Å². The second kappa shape index (κ2) is 9.48. The molecule has 8 heteroatoms. The van der Waals surface area contributed by atoms with Crippen LogP contribution in [0.4, 0.5) is 5.00 Å². The summed E-state index contributed by atoms with van der Waals surface area (Å²) in [6.07, 6.45) is 0.932. The molecule has 0 atom stereocenters. The van der Waals surface area contributed by atoms with Crippen molar-refractivity contribution in [2.24, 2.45) is 0 Å². The van der Waals surface area contributed by atoms with Crippen molar-refractivity contribution in [1.82, 2.24) is 4.98 Å². The zero-order chi connectivity index (χ0) is 19.9. The molecule has 1 aromatic carbocycles. The Bertz CT molecular complexity index is 934. The molecule has 0 spiro atoms. The Balaban J connectivity index is 1.91. The third kappa shape index (κ3) is 4.58. The Labute approximate surface area is 171 Å². The standard InChI is InChI=1S/C20H20N2O4S2/c1-3-9-26-14-7-5-13(6-8-14)15-10-28-19(17(15)20(24)25-4-2)22-18(23)16-11-27-12-21-16/h5-8,10-12H,3-4,9H2,1-2H3,(H,22,23). The molecule has 1 N–H and O–H groups in total. The molecule has 0 saturated carbocycles. The van der Waals surface area contributed by atoms with E-state index in [1.807, 2.05) is 36.6 Å². The summed E-state index contributed by atoms with van der Waals surface area (Å²) in [5.41, 5.74) is 3.80. The van der Waals surface area contributed by atoms with Crippen LogP contribution in [0.25, 0.3) is 11.1 Å². The Hall–Kier alpha value is -2.71. The van der Waals surface area contributed by atoms with Gasteiger partial charge in [-0.1, -0.05) is 19.1 Å². The minimum absolute atomic E-state index is 0.247. The summed E-state index contributed by atoms with van der Waals surface area (Å²) in [6.45, 7) is 4.69. The SMILES string of the molecule is CCCOc1ccc(-c2csc(NC(=O)c3cscn3)c2C(=O)OCC)cc1. The van der Waals surface area contributed by atoms with Crippen LogP contribution in [0.1, 0.15) is 41.1 Å². The second-order valence-electron chi connectivity index (χ2n) is 5.77. The number of nitrogens with one attached hydrogen (secondary N) is 1. The fourth-order valence-corrected chi connectivity index (χ4v) is 4.00. The first-order chi connectivity index (χ1) is 13.6. The average Bonchev–Trinajstić information content (AvgIpc) is 3.37. The van der Waals surface area contributed by atoms with Crippen LogP contribution in [-0.2, 0) is 4.74 Å². The first-order valence-corrected chi connectivity index (χ1v) is 10.7. The van der Waals surface area contributed by atoms with Crippen molar-refractivity contribution in [3.63, 3.8) is 0 Å². The molecular formula is C20H20N2O4S2. The van der Waals surface area contributed by atoms with Gasteiger partial charge in [0.25, 0.3) is 5.91 Å². The van der Waals surface area contributed by atoms with Crippen molar-refractivity contribution in [2.45, 2.75) is 20.3 Å². The number of carbonyl (C=O) groups excluding carboxylic acids is 2. The molecule has 2 heterocycles. The van der Waals surface area contributed by atoms with E-state index >= 15 is 0 Å². The number of amides is 1. The molecule has 3 rings (SSSR count). The molecule has 0 aliphatic carbocycles. The summed E-state index contributed by atoms with van der Waals surface area (Å²) in [5.74, 6) is -0.0577. The van der Waals surface area contributed by atoms with Crippen LogP contribution in [0.3, 0.4) is 0 Å². The fourth-order valence-electron chi connectivity index (χ4n) is 2.51. The van der Waals surface area contributed by atoms with Crippen LogP contribution < -0.4 is 10.1 Å². The summed E-state index contributed by atoms with van der Waals surface area (Å²) < 4.78 is 10.8. The van der Waals surface area contributed by atoms with Crippen LogP contribution in [0.5, 0.6) is 5.75 Å². The number of benzene rings is 1. The highest BCUT2D eigenvalue weighted by molar-refractivity contribution is 7.15. The third-order valence-corrected chi connectivity index (χ3v) is 5.28. The lowest BCUT2D eigenvalue weighted by atomic mass is 10.0. The minimum Gasteiger partial charge on any atom is -0.494 e. The smallest absolute Gasteiger partial charge is 0.341 e. The number of rotatable bonds is 8. The van der Waals surface area contributed by atoms with Crippen LogP contribution in [0.2, 0.25) is 0 Å². The topological polar surface area (TPSA) is 77.5 Å². The minimum atomic E-state index is -0.473. The number of hydrogen-bond acceptors (Lipinski definition) is 7. The van der Waals surface area contributed by atoms with Gasteiger partial charge in [0, 0.05) is 16.3 Å². The molecule has 0 fully saturated rings. The first-order valence-electron chi connectivity index (χ1n) is 8.85. The highest BCUT2D eigenvalue weighted by atomic mass is 32.1. The highest BCUT2D eigenvalue weighted by Gasteiger charge is 2.23. The van der Waals surface area contributed by atoms with E-state index in [-0.39, 0.29) is 12.5 Å². The van der Waals surface area contributed by atoms with E-state index in [1.165, 1.54) is 22.7 Å². The van der Waals surface area contributed by atoms with Crippen molar-refractivity contribution in [1.29, 1.82) is 0 Å². The second-order valence-corrected chi connectivity index (χ2v) is 7.37.